The molecule has 296 valence electrons. The highest BCUT2D eigenvalue weighted by molar-refractivity contribution is 6.33. The first kappa shape index (κ1) is 37.4. The molecule has 14 heteroatoms. The Morgan fingerprint density at radius 2 is 1.84 bits per heavy atom. The van der Waals surface area contributed by atoms with Crippen LogP contribution in [0.4, 0.5) is 19.4 Å². The van der Waals surface area contributed by atoms with Gasteiger partial charge < -0.3 is 24.4 Å². The highest BCUT2D eigenvalue weighted by atomic mass is 35.5. The lowest BCUT2D eigenvalue weighted by atomic mass is 9.91. The highest BCUT2D eigenvalue weighted by Crippen LogP contribution is 2.42. The lowest BCUT2D eigenvalue weighted by Gasteiger charge is -2.41. The van der Waals surface area contributed by atoms with Crippen molar-refractivity contribution >= 4 is 51.2 Å². The molecule has 5 aliphatic heterocycles. The van der Waals surface area contributed by atoms with Crippen molar-refractivity contribution < 1.29 is 32.6 Å². The smallest absolute Gasteiger partial charge is 0.407 e. The number of esters is 1. The Labute approximate surface area is 333 Å². The van der Waals surface area contributed by atoms with Crippen molar-refractivity contribution in [2.45, 2.75) is 76.3 Å². The summed E-state index contributed by atoms with van der Waals surface area (Å²) in [4.78, 5) is 45.7. The second kappa shape index (κ2) is 14.7. The van der Waals surface area contributed by atoms with Crippen LogP contribution >= 0.6 is 11.6 Å². The summed E-state index contributed by atoms with van der Waals surface area (Å²) in [6.45, 7) is 7.16. The van der Waals surface area contributed by atoms with Crippen molar-refractivity contribution in [1.29, 1.82) is 0 Å². The summed E-state index contributed by atoms with van der Waals surface area (Å²) in [5, 5.41) is 4.75. The number of amides is 1. The molecule has 10 rings (SSSR count). The first-order chi connectivity index (χ1) is 27.5. The number of carbonyl (C=O) groups excluding carboxylic acids is 2. The molecule has 1 N–H and O–H groups in total. The molecule has 0 radical (unpaired) electrons. The van der Waals surface area contributed by atoms with Crippen LogP contribution in [0.25, 0.3) is 32.9 Å². The van der Waals surface area contributed by atoms with E-state index in [1.165, 1.54) is 6.07 Å². The van der Waals surface area contributed by atoms with Gasteiger partial charge in [-0.25, -0.2) is 18.4 Å². The van der Waals surface area contributed by atoms with Gasteiger partial charge in [0.15, 0.2) is 5.82 Å². The molecule has 5 aliphatic rings. The number of piperidine rings is 1. The third-order valence-corrected chi connectivity index (χ3v) is 12.4. The maximum atomic E-state index is 17.6. The number of benzene rings is 3. The number of anilines is 1. The quantitative estimate of drug-likeness (QED) is 0.137. The van der Waals surface area contributed by atoms with Gasteiger partial charge in [-0.3, -0.25) is 9.88 Å². The molecule has 7 heterocycles. The molecule has 6 bridgehead atoms. The zero-order valence-electron chi connectivity index (χ0n) is 31.9. The maximum Gasteiger partial charge on any atom is 0.407 e. The van der Waals surface area contributed by atoms with Crippen molar-refractivity contribution in [2.75, 3.05) is 44.3 Å². The number of aryl methyl sites for hydroxylation is 2. The Morgan fingerprint density at radius 1 is 1.04 bits per heavy atom. The van der Waals surface area contributed by atoms with Gasteiger partial charge in [-0.05, 0) is 124 Å². The SMILES string of the molecule is Cc1cc(F)cc(Cl)c1C(=O)Oc1cc2c3c(cccc3c1)CCCOC(=O)NC1(C)CCCN(C1)c1nc(OCC34CCCN3CCC4)nc3c(F)c-2ncc13. The molecule has 1 atom stereocenters. The summed E-state index contributed by atoms with van der Waals surface area (Å²) in [7, 11) is 0. The minimum atomic E-state index is -0.790. The largest absolute Gasteiger partial charge is 0.461 e. The average molecular weight is 797 g/mol. The first-order valence-corrected chi connectivity index (χ1v) is 20.0. The molecule has 1 unspecified atom stereocenters. The molecule has 0 spiro atoms. The van der Waals surface area contributed by atoms with Crippen molar-refractivity contribution in [3.63, 3.8) is 0 Å². The lowest BCUT2D eigenvalue weighted by molar-refractivity contribution is 0.0734. The van der Waals surface area contributed by atoms with E-state index in [9.17, 15) is 14.0 Å². The Morgan fingerprint density at radius 3 is 2.65 bits per heavy atom. The van der Waals surface area contributed by atoms with E-state index in [1.807, 2.05) is 30.0 Å². The van der Waals surface area contributed by atoms with Crippen molar-refractivity contribution in [3.05, 3.63) is 82.0 Å². The van der Waals surface area contributed by atoms with E-state index >= 15 is 4.39 Å². The van der Waals surface area contributed by atoms with Crippen LogP contribution in [-0.2, 0) is 11.2 Å². The van der Waals surface area contributed by atoms with Gasteiger partial charge in [0, 0.05) is 24.8 Å². The molecule has 5 aromatic rings. The van der Waals surface area contributed by atoms with Gasteiger partial charge in [0.1, 0.15) is 35.2 Å². The number of ether oxygens (including phenoxy) is 3. The van der Waals surface area contributed by atoms with Crippen LogP contribution in [0.5, 0.6) is 11.8 Å². The number of nitrogens with zero attached hydrogens (tertiary/aromatic N) is 5. The number of pyridine rings is 1. The first-order valence-electron chi connectivity index (χ1n) is 19.7. The minimum Gasteiger partial charge on any atom is -0.461 e. The summed E-state index contributed by atoms with van der Waals surface area (Å²) in [6, 6.07) is 11.2. The number of halogens is 3. The Balaban J connectivity index is 1.21. The molecular weight excluding hydrogens is 754 g/mol. The van der Waals surface area contributed by atoms with Gasteiger partial charge in [0.2, 0.25) is 0 Å². The normalized spacial score (nSPS) is 20.7. The highest BCUT2D eigenvalue weighted by Gasteiger charge is 2.45. The van der Waals surface area contributed by atoms with Crippen molar-refractivity contribution in [3.8, 4) is 23.0 Å². The van der Waals surface area contributed by atoms with E-state index in [0.29, 0.717) is 65.6 Å². The summed E-state index contributed by atoms with van der Waals surface area (Å²) >= 11 is 6.31. The van der Waals surface area contributed by atoms with Crippen LogP contribution < -0.4 is 19.7 Å². The second-order valence-electron chi connectivity index (χ2n) is 16.1. The van der Waals surface area contributed by atoms with Crippen LogP contribution in [0, 0.1) is 18.6 Å². The molecule has 0 aliphatic carbocycles. The zero-order valence-corrected chi connectivity index (χ0v) is 32.7. The fraction of sp³-hybridized carbons (Fsp3) is 0.419. The van der Waals surface area contributed by atoms with E-state index in [4.69, 9.17) is 40.8 Å². The van der Waals surface area contributed by atoms with Gasteiger partial charge in [0.25, 0.3) is 0 Å². The van der Waals surface area contributed by atoms with Crippen LogP contribution in [0.15, 0.2) is 48.7 Å². The number of hydrogen-bond acceptors (Lipinski definition) is 10. The standard InChI is InChI=1S/C43H43ClF2N6O5/c1-25-18-28(45)20-32(44)33(25)39(53)57-29-19-27-9-3-8-26-10-4-17-55-41(54)50-42(2)11-5-14-51(23-42)38-31-22-47-36(30(21-29)34(26)27)35(46)37(31)48-40(49-38)56-24-43-12-6-15-52(43)16-7-13-43/h3,8-9,18-22H,4-7,10-17,23-24H2,1-2H3,(H,50,54). The molecule has 0 saturated carbocycles. The van der Waals surface area contributed by atoms with Gasteiger partial charge in [0.05, 0.1) is 33.7 Å². The second-order valence-corrected chi connectivity index (χ2v) is 16.5. The molecule has 11 nitrogen and oxygen atoms in total. The molecule has 1 amide bonds. The van der Waals surface area contributed by atoms with Gasteiger partial charge in [-0.1, -0.05) is 29.8 Å². The number of nitrogens with one attached hydrogen (secondary N) is 1. The fourth-order valence-electron chi connectivity index (χ4n) is 9.46. The van der Waals surface area contributed by atoms with E-state index < -0.39 is 29.2 Å². The third kappa shape index (κ3) is 6.98. The predicted molar refractivity (Wildman–Crippen MR) is 212 cm³/mol. The van der Waals surface area contributed by atoms with Crippen LogP contribution in [0.3, 0.4) is 0 Å². The van der Waals surface area contributed by atoms with Gasteiger partial charge in [-0.15, -0.1) is 0 Å². The van der Waals surface area contributed by atoms with E-state index in [0.717, 1.165) is 63.2 Å². The summed E-state index contributed by atoms with van der Waals surface area (Å²) in [5.41, 5.74) is 0.858. The molecule has 3 fully saturated rings. The molecular formula is C43H43ClF2N6O5. The molecule has 3 aromatic carbocycles. The average Bonchev–Trinajstić information content (AvgIpc) is 3.75. The van der Waals surface area contributed by atoms with Crippen molar-refractivity contribution in [2.24, 2.45) is 0 Å². The number of rotatable bonds is 5. The molecule has 57 heavy (non-hydrogen) atoms. The maximum absolute atomic E-state index is 17.6. The monoisotopic (exact) mass is 796 g/mol. The van der Waals surface area contributed by atoms with E-state index in [-0.39, 0.29) is 45.7 Å². The molecule has 3 saturated heterocycles. The number of hydrogen-bond donors (Lipinski definition) is 1. The van der Waals surface area contributed by atoms with Gasteiger partial charge >= 0.3 is 18.1 Å². The summed E-state index contributed by atoms with van der Waals surface area (Å²) in [6.07, 6.45) is 7.76. The number of alkyl carbamates (subject to hydrolysis) is 1. The Bertz CT molecular complexity index is 2420. The topological polar surface area (TPSA) is 119 Å². The lowest BCUT2D eigenvalue weighted by Crippen LogP contribution is -2.57. The van der Waals surface area contributed by atoms with Crippen LogP contribution in [0.2, 0.25) is 5.02 Å². The fourth-order valence-corrected chi connectivity index (χ4v) is 9.79. The number of carbonyl (C=O) groups is 2. The van der Waals surface area contributed by atoms with Crippen LogP contribution in [0.1, 0.15) is 73.4 Å². The predicted octanol–water partition coefficient (Wildman–Crippen LogP) is 8.34. The number of aromatic nitrogens is 3. The molecule has 2 aromatic heterocycles. The summed E-state index contributed by atoms with van der Waals surface area (Å²) in [5.74, 6) is -1.47. The zero-order chi connectivity index (χ0) is 39.5. The van der Waals surface area contributed by atoms with E-state index in [1.54, 1.807) is 25.3 Å². The third-order valence-electron chi connectivity index (χ3n) is 12.1. The Kier molecular flexibility index (Phi) is 9.63. The minimum absolute atomic E-state index is 0.00157. The Hall–Kier alpha value is -5.14. The van der Waals surface area contributed by atoms with E-state index in [2.05, 4.69) is 10.2 Å². The van der Waals surface area contributed by atoms with Crippen LogP contribution in [-0.4, -0.2) is 82.4 Å². The van der Waals surface area contributed by atoms with Gasteiger partial charge in [-0.2, -0.15) is 9.97 Å². The van der Waals surface area contributed by atoms with Crippen molar-refractivity contribution in [1.82, 2.24) is 25.2 Å². The number of fused-ring (bicyclic) bond motifs is 7. The summed E-state index contributed by atoms with van der Waals surface area (Å²) < 4.78 is 49.7.